The third-order valence-corrected chi connectivity index (χ3v) is 2.74. The zero-order chi connectivity index (χ0) is 18.6. The second-order valence-corrected chi connectivity index (χ2v) is 5.59. The van der Waals surface area contributed by atoms with E-state index in [0.29, 0.717) is 18.4 Å². The average molecular weight is 349 g/mol. The number of carbonyl (C=O) groups is 2. The molecule has 0 rings (SSSR count). The van der Waals surface area contributed by atoms with E-state index in [4.69, 9.17) is 16.3 Å². The van der Waals surface area contributed by atoms with Gasteiger partial charge in [0.1, 0.15) is 5.76 Å². The van der Waals surface area contributed by atoms with Gasteiger partial charge in [0.15, 0.2) is 12.5 Å². The Kier molecular flexibility index (Phi) is 11.9. The number of allylic oxidation sites excluding steroid dienone is 3. The number of rotatable bonds is 8. The summed E-state index contributed by atoms with van der Waals surface area (Å²) >= 11 is 5.43. The van der Waals surface area contributed by atoms with Crippen LogP contribution in [0.3, 0.4) is 0 Å². The van der Waals surface area contributed by atoms with Gasteiger partial charge in [0.2, 0.25) is 0 Å². The minimum atomic E-state index is -1.83. The molecule has 0 aliphatic carbocycles. The second-order valence-electron chi connectivity index (χ2n) is 5.10. The Morgan fingerprint density at radius 1 is 1.48 bits per heavy atom. The number of alkyl halides is 1. The molecule has 0 heterocycles. The first-order valence-corrected chi connectivity index (χ1v) is 6.85. The Bertz CT molecular complexity index is 490. The van der Waals surface area contributed by atoms with E-state index in [1.54, 1.807) is 20.9 Å². The number of methoxy groups -OCH3 is 1. The monoisotopic (exact) mass is 348 g/mol. The molecule has 1 N–H and O–H groups in total. The van der Waals surface area contributed by atoms with E-state index >= 15 is 0 Å². The van der Waals surface area contributed by atoms with Gasteiger partial charge in [0.25, 0.3) is 0 Å². The van der Waals surface area contributed by atoms with Gasteiger partial charge in [-0.2, -0.15) is 0 Å². The van der Waals surface area contributed by atoms with Crippen LogP contribution in [0.4, 0.5) is 4.39 Å². The van der Waals surface area contributed by atoms with Crippen LogP contribution < -0.4 is 5.32 Å². The summed E-state index contributed by atoms with van der Waals surface area (Å²) in [6.07, 6.45) is 0.169. The van der Waals surface area contributed by atoms with E-state index in [-0.39, 0.29) is 10.8 Å². The Hall–Kier alpha value is -1.86. The van der Waals surface area contributed by atoms with Crippen LogP contribution in [0.1, 0.15) is 13.8 Å². The number of nitroso groups, excluding NO2 is 1. The normalized spacial score (nSPS) is 12.3. The lowest BCUT2D eigenvalue weighted by Crippen LogP contribution is -2.39. The number of nitrogens with one attached hydrogen (secondary N) is 1. The van der Waals surface area contributed by atoms with Crippen LogP contribution in [0.15, 0.2) is 40.8 Å². The number of aldehydes is 1. The number of amides is 1. The molecule has 0 saturated carbocycles. The van der Waals surface area contributed by atoms with Crippen molar-refractivity contribution in [3.63, 3.8) is 0 Å². The lowest BCUT2D eigenvalue weighted by atomic mass is 9.87. The van der Waals surface area contributed by atoms with Crippen molar-refractivity contribution in [1.82, 2.24) is 5.32 Å². The maximum atomic E-state index is 13.1. The number of hydrogen-bond acceptors (Lipinski definition) is 5. The van der Waals surface area contributed by atoms with Crippen LogP contribution >= 0.6 is 11.6 Å². The number of halogens is 2. The molecule has 130 valence electrons. The predicted molar refractivity (Wildman–Crippen MR) is 88.7 cm³/mol. The summed E-state index contributed by atoms with van der Waals surface area (Å²) in [5.74, 6) is -0.961. The quantitative estimate of drug-likeness (QED) is 0.240. The molecule has 0 saturated heterocycles. The number of hydrogen-bond donors (Lipinski definition) is 1. The van der Waals surface area contributed by atoms with Gasteiger partial charge >= 0.3 is 5.91 Å². The van der Waals surface area contributed by atoms with Gasteiger partial charge < -0.3 is 10.1 Å². The van der Waals surface area contributed by atoms with Gasteiger partial charge in [-0.3, -0.25) is 9.59 Å². The van der Waals surface area contributed by atoms with Crippen molar-refractivity contribution in [3.8, 4) is 0 Å². The minimum absolute atomic E-state index is 0.269. The maximum absolute atomic E-state index is 13.1. The molecule has 0 aromatic heterocycles. The third kappa shape index (κ3) is 9.70. The number of nitrogens with zero attached hydrogens (tertiary/aromatic N) is 1. The lowest BCUT2D eigenvalue weighted by Gasteiger charge is -2.25. The van der Waals surface area contributed by atoms with Crippen LogP contribution in [0, 0.1) is 10.3 Å². The molecule has 0 bridgehead atoms. The first kappa shape index (κ1) is 23.4. The first-order valence-electron chi connectivity index (χ1n) is 6.47. The maximum Gasteiger partial charge on any atom is 0.320 e. The Morgan fingerprint density at radius 3 is 2.30 bits per heavy atom. The van der Waals surface area contributed by atoms with E-state index in [0.717, 1.165) is 0 Å². The van der Waals surface area contributed by atoms with Crippen molar-refractivity contribution in [2.24, 2.45) is 10.6 Å². The molecule has 0 fully saturated rings. The standard InChI is InChI=1S/C8H9ClO2.C7H13FN2O2/c1-6(9)4-8(5-10)7(2)11-3;1-7(2,4-9-3)5(8)6(11)10-12/h4-5H,1-2H2,3H3;5,9H,4H2,1-3H3/b8-4-;. The largest absolute Gasteiger partial charge is 0.497 e. The molecular weight excluding hydrogens is 327 g/mol. The molecular formula is C15H22ClFN2O4. The zero-order valence-corrected chi connectivity index (χ0v) is 14.4. The van der Waals surface area contributed by atoms with E-state index in [2.05, 4.69) is 18.5 Å². The summed E-state index contributed by atoms with van der Waals surface area (Å²) in [7, 11) is 3.07. The average Bonchev–Trinajstić information content (AvgIpc) is 2.50. The highest BCUT2D eigenvalue weighted by Gasteiger charge is 2.35. The first-order chi connectivity index (χ1) is 10.6. The van der Waals surface area contributed by atoms with Crippen molar-refractivity contribution in [2.75, 3.05) is 20.7 Å². The van der Waals surface area contributed by atoms with Gasteiger partial charge in [-0.05, 0) is 13.1 Å². The van der Waals surface area contributed by atoms with Crippen LogP contribution in [-0.4, -0.2) is 39.1 Å². The number of ether oxygens (including phenoxy) is 1. The molecule has 0 aliphatic heterocycles. The highest BCUT2D eigenvalue weighted by molar-refractivity contribution is 6.31. The molecule has 23 heavy (non-hydrogen) atoms. The van der Waals surface area contributed by atoms with Gasteiger partial charge in [-0.25, -0.2) is 4.39 Å². The highest BCUT2D eigenvalue weighted by atomic mass is 35.5. The second kappa shape index (κ2) is 11.7. The molecule has 0 spiro atoms. The molecule has 1 atom stereocenters. The summed E-state index contributed by atoms with van der Waals surface area (Å²) in [5, 5.41) is 5.05. The molecule has 6 nitrogen and oxygen atoms in total. The van der Waals surface area contributed by atoms with Crippen LogP contribution in [-0.2, 0) is 14.3 Å². The SMILES string of the molecule is C=C(Cl)/C=C(/C=O)C(=C)OC.CNCC(C)(C)C(F)C(=O)N=O. The van der Waals surface area contributed by atoms with Crippen molar-refractivity contribution in [1.29, 1.82) is 0 Å². The zero-order valence-electron chi connectivity index (χ0n) is 13.7. The minimum Gasteiger partial charge on any atom is -0.497 e. The molecule has 0 aromatic carbocycles. The summed E-state index contributed by atoms with van der Waals surface area (Å²) in [6.45, 7) is 10.3. The van der Waals surface area contributed by atoms with Gasteiger partial charge in [0.05, 0.1) is 12.7 Å². The topological polar surface area (TPSA) is 84.8 Å². The molecule has 0 aromatic rings. The van der Waals surface area contributed by atoms with Crippen LogP contribution in [0.5, 0.6) is 0 Å². The van der Waals surface area contributed by atoms with Gasteiger partial charge in [0, 0.05) is 22.2 Å². The Morgan fingerprint density at radius 2 is 2.00 bits per heavy atom. The Labute approximate surface area is 140 Å². The molecule has 1 unspecified atom stereocenters. The van der Waals surface area contributed by atoms with E-state index in [1.807, 2.05) is 5.18 Å². The van der Waals surface area contributed by atoms with Gasteiger partial charge in [-0.15, -0.1) is 4.91 Å². The third-order valence-electron chi connectivity index (χ3n) is 2.63. The summed E-state index contributed by atoms with van der Waals surface area (Å²) < 4.78 is 17.8. The Balaban J connectivity index is 0. The highest BCUT2D eigenvalue weighted by Crippen LogP contribution is 2.23. The molecule has 0 aliphatic rings. The lowest BCUT2D eigenvalue weighted by molar-refractivity contribution is -0.126. The summed E-state index contributed by atoms with van der Waals surface area (Å²) in [4.78, 5) is 30.6. The smallest absolute Gasteiger partial charge is 0.320 e. The predicted octanol–water partition coefficient (Wildman–Crippen LogP) is 2.89. The summed E-state index contributed by atoms with van der Waals surface area (Å²) in [6, 6.07) is 0. The van der Waals surface area contributed by atoms with E-state index < -0.39 is 17.5 Å². The van der Waals surface area contributed by atoms with Crippen LogP contribution in [0.2, 0.25) is 0 Å². The molecule has 1 amide bonds. The van der Waals surface area contributed by atoms with Crippen molar-refractivity contribution in [2.45, 2.75) is 20.0 Å². The van der Waals surface area contributed by atoms with Crippen molar-refractivity contribution in [3.05, 3.63) is 40.5 Å². The van der Waals surface area contributed by atoms with Crippen molar-refractivity contribution >= 4 is 23.8 Å². The molecule has 8 heteroatoms. The van der Waals surface area contributed by atoms with Crippen LogP contribution in [0.25, 0.3) is 0 Å². The van der Waals surface area contributed by atoms with E-state index in [9.17, 15) is 18.9 Å². The van der Waals surface area contributed by atoms with E-state index in [1.165, 1.54) is 13.2 Å². The van der Waals surface area contributed by atoms with Gasteiger partial charge in [-0.1, -0.05) is 38.6 Å². The molecule has 0 radical (unpaired) electrons. The fraction of sp³-hybridized carbons (Fsp3) is 0.467. The van der Waals surface area contributed by atoms with Crippen molar-refractivity contribution < 1.29 is 18.7 Å². The fourth-order valence-electron chi connectivity index (χ4n) is 1.39. The number of carbonyl (C=O) groups excluding carboxylic acids is 2. The summed E-state index contributed by atoms with van der Waals surface area (Å²) in [5.41, 5.74) is -0.591. The fourth-order valence-corrected chi connectivity index (χ4v) is 1.51.